The van der Waals surface area contributed by atoms with E-state index in [1.807, 2.05) is 31.2 Å². The molecular weight excluding hydrogens is 407 g/mol. The van der Waals surface area contributed by atoms with Crippen LogP contribution in [0.3, 0.4) is 0 Å². The highest BCUT2D eigenvalue weighted by molar-refractivity contribution is 5.58. The Hall–Kier alpha value is -2.41. The number of alkyl halides is 3. The number of fused-ring (bicyclic) bond motifs is 1. The van der Waals surface area contributed by atoms with Crippen LogP contribution in [0.25, 0.3) is 0 Å². The Bertz CT molecular complexity index is 884. The van der Waals surface area contributed by atoms with Crippen LogP contribution in [-0.2, 0) is 11.3 Å². The number of hydrogen-bond donors (Lipinski definition) is 0. The van der Waals surface area contributed by atoms with Crippen molar-refractivity contribution in [2.24, 2.45) is 11.8 Å². The van der Waals surface area contributed by atoms with Gasteiger partial charge in [-0.3, -0.25) is 0 Å². The van der Waals surface area contributed by atoms with Crippen molar-refractivity contribution in [3.05, 3.63) is 54.1 Å². The Balaban J connectivity index is 1.39. The molecule has 4 rings (SSSR count). The molecule has 0 N–H and O–H groups in total. The first-order chi connectivity index (χ1) is 14.8. The molecule has 0 radical (unpaired) electrons. The maximum absolute atomic E-state index is 13.8. The summed E-state index contributed by atoms with van der Waals surface area (Å²) < 4.78 is 57.5. The van der Waals surface area contributed by atoms with E-state index < -0.39 is 17.8 Å². The molecule has 0 bridgehead atoms. The topological polar surface area (TPSA) is 30.9 Å². The first kappa shape index (κ1) is 21.8. The van der Waals surface area contributed by atoms with E-state index in [1.165, 1.54) is 0 Å². The predicted molar refractivity (Wildman–Crippen MR) is 113 cm³/mol. The van der Waals surface area contributed by atoms with Crippen LogP contribution in [0.5, 0.6) is 11.5 Å². The van der Waals surface area contributed by atoms with Gasteiger partial charge in [0.25, 0.3) is 0 Å². The Kier molecular flexibility index (Phi) is 5.81. The molecular formula is C24H28F3NO3. The third-order valence-corrected chi connectivity index (χ3v) is 6.92. The van der Waals surface area contributed by atoms with Gasteiger partial charge in [0.1, 0.15) is 17.5 Å². The van der Waals surface area contributed by atoms with Gasteiger partial charge in [0.05, 0.1) is 20.8 Å². The van der Waals surface area contributed by atoms with Crippen LogP contribution in [0.1, 0.15) is 25.3 Å². The summed E-state index contributed by atoms with van der Waals surface area (Å²) in [6.07, 6.45) is -3.38. The molecule has 31 heavy (non-hydrogen) atoms. The summed E-state index contributed by atoms with van der Waals surface area (Å²) in [5, 5.41) is 0. The molecule has 1 aliphatic heterocycles. The molecule has 2 aromatic rings. The smallest absolute Gasteiger partial charge is 0.408 e. The van der Waals surface area contributed by atoms with Gasteiger partial charge in [-0.25, -0.2) is 0 Å². The lowest BCUT2D eigenvalue weighted by molar-refractivity contribution is -0.149. The molecule has 0 aromatic heterocycles. The summed E-state index contributed by atoms with van der Waals surface area (Å²) in [4.78, 5) is 1.59. The van der Waals surface area contributed by atoms with E-state index in [4.69, 9.17) is 14.2 Å². The Morgan fingerprint density at radius 1 is 0.968 bits per heavy atom. The summed E-state index contributed by atoms with van der Waals surface area (Å²) in [7, 11) is 3.17. The maximum atomic E-state index is 13.8. The highest BCUT2D eigenvalue weighted by atomic mass is 19.4. The monoisotopic (exact) mass is 435 g/mol. The van der Waals surface area contributed by atoms with Crippen LogP contribution in [0.15, 0.2) is 48.5 Å². The molecule has 2 aromatic carbocycles. The minimum Gasteiger partial charge on any atom is -0.497 e. The van der Waals surface area contributed by atoms with E-state index in [-0.39, 0.29) is 18.3 Å². The van der Waals surface area contributed by atoms with Gasteiger partial charge in [0, 0.05) is 17.8 Å². The van der Waals surface area contributed by atoms with Crippen molar-refractivity contribution >= 4 is 5.69 Å². The molecule has 7 heteroatoms. The Morgan fingerprint density at radius 2 is 1.55 bits per heavy atom. The first-order valence-corrected chi connectivity index (χ1v) is 10.5. The van der Waals surface area contributed by atoms with Crippen molar-refractivity contribution in [1.29, 1.82) is 0 Å². The van der Waals surface area contributed by atoms with Crippen LogP contribution >= 0.6 is 0 Å². The fraction of sp³-hybridized carbons (Fsp3) is 0.500. The van der Waals surface area contributed by atoms with Crippen LogP contribution < -0.4 is 14.4 Å². The van der Waals surface area contributed by atoms with E-state index in [0.29, 0.717) is 24.7 Å². The lowest BCUT2D eigenvalue weighted by atomic mass is 10.0. The van der Waals surface area contributed by atoms with Gasteiger partial charge in [0.2, 0.25) is 0 Å². The van der Waals surface area contributed by atoms with Crippen molar-refractivity contribution < 1.29 is 27.4 Å². The number of benzene rings is 2. The van der Waals surface area contributed by atoms with Crippen molar-refractivity contribution in [1.82, 2.24) is 0 Å². The first-order valence-electron chi connectivity index (χ1n) is 10.5. The quantitative estimate of drug-likeness (QED) is 0.516. The van der Waals surface area contributed by atoms with E-state index in [1.54, 1.807) is 43.4 Å². The summed E-state index contributed by atoms with van der Waals surface area (Å²) in [5.41, 5.74) is 1.13. The van der Waals surface area contributed by atoms with Crippen molar-refractivity contribution in [3.63, 3.8) is 0 Å². The normalized spacial score (nSPS) is 27.2. The van der Waals surface area contributed by atoms with Crippen LogP contribution in [0.4, 0.5) is 18.9 Å². The third kappa shape index (κ3) is 4.07. The Labute approximate surface area is 180 Å². The van der Waals surface area contributed by atoms with Crippen LogP contribution in [-0.4, -0.2) is 38.6 Å². The molecule has 2 unspecified atom stereocenters. The summed E-state index contributed by atoms with van der Waals surface area (Å²) in [6.45, 7) is 2.96. The number of anilines is 1. The molecule has 4 atom stereocenters. The molecule has 1 saturated carbocycles. The average Bonchev–Trinajstić information content (AvgIpc) is 3.17. The number of rotatable bonds is 8. The zero-order valence-electron chi connectivity index (χ0n) is 18.0. The molecule has 168 valence electrons. The molecule has 0 spiro atoms. The van der Waals surface area contributed by atoms with Gasteiger partial charge in [0.15, 0.2) is 0 Å². The van der Waals surface area contributed by atoms with E-state index in [9.17, 15) is 13.2 Å². The molecule has 1 saturated heterocycles. The van der Waals surface area contributed by atoms with E-state index in [0.717, 1.165) is 17.7 Å². The second-order valence-corrected chi connectivity index (χ2v) is 8.49. The van der Waals surface area contributed by atoms with E-state index in [2.05, 4.69) is 0 Å². The maximum Gasteiger partial charge on any atom is 0.408 e. The summed E-state index contributed by atoms with van der Waals surface area (Å²) >= 11 is 0. The van der Waals surface area contributed by atoms with Crippen molar-refractivity contribution in [3.8, 4) is 11.5 Å². The SMILES string of the molecule is COc1ccc(COCCC2[C@@H]3CC(C(F)(F)F)N(c4ccc(OC)cc4)[C@]23C)cc1. The molecule has 0 amide bonds. The number of hydrogen-bond acceptors (Lipinski definition) is 4. The van der Waals surface area contributed by atoms with Gasteiger partial charge in [-0.2, -0.15) is 13.2 Å². The van der Waals surface area contributed by atoms with E-state index >= 15 is 0 Å². The number of methoxy groups -OCH3 is 2. The highest BCUT2D eigenvalue weighted by Gasteiger charge is 2.73. The largest absolute Gasteiger partial charge is 0.497 e. The second kappa shape index (κ2) is 8.26. The molecule has 1 aliphatic carbocycles. The number of ether oxygens (including phenoxy) is 3. The highest BCUT2D eigenvalue weighted by Crippen LogP contribution is 2.66. The minimum atomic E-state index is -4.26. The number of halogens is 3. The summed E-state index contributed by atoms with van der Waals surface area (Å²) in [6, 6.07) is 13.1. The standard InChI is InChI=1S/C24H28F3NO3/c1-23-20(12-13-31-15-16-4-8-18(29-2)9-5-16)21(23)14-22(24(25,26)27)28(23)17-6-10-19(30-3)11-7-17/h4-11,20-22H,12-15H2,1-3H3/t20?,21-,22?,23+/m0/s1. The van der Waals surface area contributed by atoms with Gasteiger partial charge >= 0.3 is 6.18 Å². The van der Waals surface area contributed by atoms with Gasteiger partial charge in [-0.1, -0.05) is 12.1 Å². The fourth-order valence-electron chi connectivity index (χ4n) is 5.22. The molecule has 2 fully saturated rings. The number of nitrogens with zero attached hydrogens (tertiary/aromatic N) is 1. The van der Waals surface area contributed by atoms with Gasteiger partial charge < -0.3 is 19.1 Å². The van der Waals surface area contributed by atoms with Crippen molar-refractivity contribution in [2.75, 3.05) is 25.7 Å². The third-order valence-electron chi connectivity index (χ3n) is 6.92. The zero-order valence-corrected chi connectivity index (χ0v) is 18.0. The summed E-state index contributed by atoms with van der Waals surface area (Å²) in [5.74, 6) is 1.63. The lowest BCUT2D eigenvalue weighted by Gasteiger charge is -2.37. The molecule has 1 heterocycles. The van der Waals surface area contributed by atoms with Gasteiger partial charge in [-0.15, -0.1) is 0 Å². The van der Waals surface area contributed by atoms with Gasteiger partial charge in [-0.05, 0) is 73.6 Å². The average molecular weight is 435 g/mol. The zero-order chi connectivity index (χ0) is 22.2. The van der Waals surface area contributed by atoms with Crippen LogP contribution in [0, 0.1) is 11.8 Å². The Morgan fingerprint density at radius 3 is 2.10 bits per heavy atom. The lowest BCUT2D eigenvalue weighted by Crippen LogP contribution is -2.49. The number of piperidine rings is 1. The fourth-order valence-corrected chi connectivity index (χ4v) is 5.22. The minimum absolute atomic E-state index is 0.0193. The molecule has 4 nitrogen and oxygen atoms in total. The van der Waals surface area contributed by atoms with Crippen molar-refractivity contribution in [2.45, 2.75) is 44.1 Å². The van der Waals surface area contributed by atoms with Crippen LogP contribution in [0.2, 0.25) is 0 Å². The predicted octanol–water partition coefficient (Wildman–Crippen LogP) is 5.46. The second-order valence-electron chi connectivity index (χ2n) is 8.49. The molecule has 2 aliphatic rings.